The van der Waals surface area contributed by atoms with Crippen LogP contribution in [0.1, 0.15) is 24.3 Å². The van der Waals surface area contributed by atoms with E-state index in [-0.39, 0.29) is 6.04 Å². The Bertz CT molecular complexity index is 1310. The highest BCUT2D eigenvalue weighted by Crippen LogP contribution is 2.49. The summed E-state index contributed by atoms with van der Waals surface area (Å²) in [6.45, 7) is 2.93. The molecule has 0 aliphatic carbocycles. The van der Waals surface area contributed by atoms with Crippen molar-refractivity contribution in [2.45, 2.75) is 34.9 Å². The average Bonchev–Trinajstić information content (AvgIpc) is 3.36. The quantitative estimate of drug-likeness (QED) is 0.607. The minimum atomic E-state index is -3.13. The van der Waals surface area contributed by atoms with Gasteiger partial charge in [0.25, 0.3) is 0 Å². The van der Waals surface area contributed by atoms with Crippen LogP contribution < -0.4 is 10.2 Å². The van der Waals surface area contributed by atoms with Crippen molar-refractivity contribution in [3.63, 3.8) is 0 Å². The molecule has 172 valence electrons. The lowest BCUT2D eigenvalue weighted by atomic mass is 9.99. The van der Waals surface area contributed by atoms with Crippen molar-refractivity contribution < 1.29 is 8.42 Å². The molecule has 0 bridgehead atoms. The molecule has 3 aliphatic heterocycles. The number of aromatic nitrogens is 3. The topological polar surface area (TPSA) is 91.3 Å². The van der Waals surface area contributed by atoms with Gasteiger partial charge >= 0.3 is 0 Å². The summed E-state index contributed by atoms with van der Waals surface area (Å²) in [5.41, 5.74) is 2.31. The fourth-order valence-electron chi connectivity index (χ4n) is 5.18. The van der Waals surface area contributed by atoms with E-state index in [1.807, 2.05) is 30.2 Å². The highest BCUT2D eigenvalue weighted by Gasteiger charge is 2.41. The second-order valence-electron chi connectivity index (χ2n) is 9.05. The Hall–Kier alpha value is -2.43. The van der Waals surface area contributed by atoms with E-state index in [0.29, 0.717) is 30.2 Å². The molecule has 3 aromatic rings. The van der Waals surface area contributed by atoms with E-state index < -0.39 is 10.0 Å². The van der Waals surface area contributed by atoms with Crippen LogP contribution in [0.15, 0.2) is 47.6 Å². The van der Waals surface area contributed by atoms with Crippen LogP contribution in [-0.4, -0.2) is 71.4 Å². The zero-order valence-corrected chi connectivity index (χ0v) is 20.0. The van der Waals surface area contributed by atoms with Gasteiger partial charge in [0.05, 0.1) is 6.26 Å². The van der Waals surface area contributed by atoms with Gasteiger partial charge in [0, 0.05) is 66.1 Å². The van der Waals surface area contributed by atoms with Gasteiger partial charge in [0.1, 0.15) is 5.52 Å². The van der Waals surface area contributed by atoms with Crippen LogP contribution in [0.2, 0.25) is 0 Å². The van der Waals surface area contributed by atoms with Gasteiger partial charge in [0.2, 0.25) is 16.0 Å². The summed E-state index contributed by atoms with van der Waals surface area (Å²) in [4.78, 5) is 17.9. The minimum Gasteiger partial charge on any atom is -0.353 e. The first-order valence-corrected chi connectivity index (χ1v) is 14.0. The first-order valence-electron chi connectivity index (χ1n) is 11.3. The van der Waals surface area contributed by atoms with E-state index in [1.165, 1.54) is 21.0 Å². The molecule has 8 nitrogen and oxygen atoms in total. The smallest absolute Gasteiger partial charge is 0.223 e. The molecule has 2 aromatic heterocycles. The number of piperidine rings is 1. The molecule has 0 radical (unpaired) electrons. The van der Waals surface area contributed by atoms with Gasteiger partial charge in [-0.15, -0.1) is 11.8 Å². The zero-order valence-electron chi connectivity index (χ0n) is 18.4. The van der Waals surface area contributed by atoms with Gasteiger partial charge in [-0.25, -0.2) is 27.7 Å². The van der Waals surface area contributed by atoms with Crippen molar-refractivity contribution in [3.8, 4) is 0 Å². The highest BCUT2D eigenvalue weighted by molar-refractivity contribution is 8.00. The second-order valence-corrected chi connectivity index (χ2v) is 12.3. The van der Waals surface area contributed by atoms with Gasteiger partial charge in [0.15, 0.2) is 5.82 Å². The molecule has 1 N–H and O–H groups in total. The van der Waals surface area contributed by atoms with Crippen LogP contribution in [0.5, 0.6) is 0 Å². The number of rotatable bonds is 4. The Kier molecular flexibility index (Phi) is 5.19. The highest BCUT2D eigenvalue weighted by atomic mass is 32.2. The number of hydrogen-bond acceptors (Lipinski definition) is 8. The number of anilines is 2. The largest absolute Gasteiger partial charge is 0.353 e. The third-order valence-corrected chi connectivity index (χ3v) is 9.61. The predicted octanol–water partition coefficient (Wildman–Crippen LogP) is 2.94. The number of nitrogens with zero attached hydrogens (tertiary/aromatic N) is 5. The molecule has 0 spiro atoms. The van der Waals surface area contributed by atoms with Gasteiger partial charge in [-0.3, -0.25) is 0 Å². The predicted molar refractivity (Wildman–Crippen MR) is 131 cm³/mol. The van der Waals surface area contributed by atoms with E-state index >= 15 is 0 Å². The Morgan fingerprint density at radius 3 is 2.73 bits per heavy atom. The molecule has 3 aliphatic rings. The molecule has 0 saturated carbocycles. The number of fused-ring (bicyclic) bond motifs is 4. The summed E-state index contributed by atoms with van der Waals surface area (Å²) in [7, 11) is -3.13. The van der Waals surface area contributed by atoms with Crippen molar-refractivity contribution in [1.29, 1.82) is 0 Å². The van der Waals surface area contributed by atoms with E-state index in [9.17, 15) is 8.42 Å². The minimum absolute atomic E-state index is 0.152. The van der Waals surface area contributed by atoms with Gasteiger partial charge in [-0.2, -0.15) is 0 Å². The number of sulfonamides is 1. The molecule has 2 fully saturated rings. The molecular weight excluding hydrogens is 456 g/mol. The van der Waals surface area contributed by atoms with Gasteiger partial charge in [-0.05, 0) is 30.5 Å². The third-order valence-electron chi connectivity index (χ3n) is 6.90. The Morgan fingerprint density at radius 1 is 1.09 bits per heavy atom. The van der Waals surface area contributed by atoms with Gasteiger partial charge in [-0.1, -0.05) is 18.2 Å². The van der Waals surface area contributed by atoms with Crippen LogP contribution in [0.25, 0.3) is 10.9 Å². The molecule has 1 aromatic carbocycles. The molecular formula is C23H26N6O2S2. The van der Waals surface area contributed by atoms with Crippen LogP contribution in [0.4, 0.5) is 11.8 Å². The van der Waals surface area contributed by atoms with Crippen LogP contribution in [0.3, 0.4) is 0 Å². The van der Waals surface area contributed by atoms with Gasteiger partial charge < -0.3 is 10.2 Å². The lowest BCUT2D eigenvalue weighted by Crippen LogP contribution is -2.42. The van der Waals surface area contributed by atoms with E-state index in [4.69, 9.17) is 9.97 Å². The molecule has 33 heavy (non-hydrogen) atoms. The summed E-state index contributed by atoms with van der Waals surface area (Å²) in [5, 5.41) is 4.94. The summed E-state index contributed by atoms with van der Waals surface area (Å²) in [5.74, 6) is 2.01. The summed E-state index contributed by atoms with van der Waals surface area (Å²) >= 11 is 1.98. The monoisotopic (exact) mass is 482 g/mol. The summed E-state index contributed by atoms with van der Waals surface area (Å²) < 4.78 is 25.1. The SMILES string of the molecule is CS(=O)(=O)N1CCC(Nc2ncc3ccnc(N4C[C@@H]5Sc6ccccc6[C@@H]5C4)c3n2)CC1. The number of thioether (sulfide) groups is 1. The first-order chi connectivity index (χ1) is 16.0. The second kappa shape index (κ2) is 8.11. The normalized spacial score (nSPS) is 23.6. The van der Waals surface area contributed by atoms with Crippen molar-refractivity contribution in [1.82, 2.24) is 19.3 Å². The Balaban J connectivity index is 1.22. The molecule has 0 unspecified atom stereocenters. The van der Waals surface area contributed by atoms with Crippen molar-refractivity contribution in [2.75, 3.05) is 42.7 Å². The first kappa shape index (κ1) is 21.1. The number of nitrogens with one attached hydrogen (secondary N) is 1. The van der Waals surface area contributed by atoms with E-state index in [0.717, 1.165) is 42.7 Å². The van der Waals surface area contributed by atoms with Crippen LogP contribution in [0, 0.1) is 0 Å². The van der Waals surface area contributed by atoms with Crippen molar-refractivity contribution >= 4 is 44.5 Å². The fraction of sp³-hybridized carbons (Fsp3) is 0.435. The maximum Gasteiger partial charge on any atom is 0.223 e. The number of hydrogen-bond donors (Lipinski definition) is 1. The maximum atomic E-state index is 11.8. The van der Waals surface area contributed by atoms with E-state index in [2.05, 4.69) is 39.5 Å². The molecule has 0 amide bonds. The van der Waals surface area contributed by atoms with E-state index in [1.54, 1.807) is 0 Å². The lowest BCUT2D eigenvalue weighted by Gasteiger charge is -2.30. The molecule has 2 saturated heterocycles. The third kappa shape index (κ3) is 3.94. The van der Waals surface area contributed by atoms with Crippen LogP contribution >= 0.6 is 11.8 Å². The molecule has 5 heterocycles. The lowest BCUT2D eigenvalue weighted by molar-refractivity contribution is 0.331. The van der Waals surface area contributed by atoms with Crippen LogP contribution in [-0.2, 0) is 10.0 Å². The number of benzene rings is 1. The summed E-state index contributed by atoms with van der Waals surface area (Å²) in [6.07, 6.45) is 6.43. The van der Waals surface area contributed by atoms with Crippen molar-refractivity contribution in [2.24, 2.45) is 0 Å². The average molecular weight is 483 g/mol. The molecule has 2 atom stereocenters. The molecule has 10 heteroatoms. The molecule has 6 rings (SSSR count). The fourth-order valence-corrected chi connectivity index (χ4v) is 7.54. The maximum absolute atomic E-state index is 11.8. The Morgan fingerprint density at radius 2 is 1.91 bits per heavy atom. The summed E-state index contributed by atoms with van der Waals surface area (Å²) in [6, 6.07) is 10.8. The Labute approximate surface area is 197 Å². The zero-order chi connectivity index (χ0) is 22.6. The number of pyridine rings is 1. The standard InChI is InChI=1S/C23H26N6O2S2/c1-33(30,31)29-10-7-16(8-11-29)26-23-25-12-15-6-9-24-22(21(15)27-23)28-13-18-17-4-2-3-5-19(17)32-20(18)14-28/h2-6,9,12,16,18,20H,7-8,10-11,13-14H2,1H3,(H,25,26,27)/t18-,20-/m0/s1. The van der Waals surface area contributed by atoms with Crippen molar-refractivity contribution in [3.05, 3.63) is 48.3 Å².